The first-order chi connectivity index (χ1) is 10.2. The van der Waals surface area contributed by atoms with Gasteiger partial charge in [-0.25, -0.2) is 0 Å². The lowest BCUT2D eigenvalue weighted by atomic mass is 9.83. The molecule has 1 heterocycles. The SMILES string of the molecule is COc1ccc2c(c1)C(N)C(N1CCCN(C)CC1)CC2. The van der Waals surface area contributed by atoms with Crippen molar-refractivity contribution in [3.8, 4) is 5.75 Å². The Kier molecular flexibility index (Phi) is 4.48. The van der Waals surface area contributed by atoms with Crippen LogP contribution in [0.5, 0.6) is 5.75 Å². The number of methoxy groups -OCH3 is 1. The van der Waals surface area contributed by atoms with E-state index >= 15 is 0 Å². The minimum absolute atomic E-state index is 0.104. The largest absolute Gasteiger partial charge is 0.497 e. The van der Waals surface area contributed by atoms with Crippen LogP contribution in [0.25, 0.3) is 0 Å². The fourth-order valence-electron chi connectivity index (χ4n) is 3.74. The molecule has 0 spiro atoms. The van der Waals surface area contributed by atoms with Crippen LogP contribution in [-0.2, 0) is 6.42 Å². The summed E-state index contributed by atoms with van der Waals surface area (Å²) in [5.41, 5.74) is 9.30. The van der Waals surface area contributed by atoms with Gasteiger partial charge in [0.25, 0.3) is 0 Å². The van der Waals surface area contributed by atoms with Crippen molar-refractivity contribution in [2.45, 2.75) is 31.3 Å². The Hall–Kier alpha value is -1.10. The number of benzene rings is 1. The molecule has 2 unspecified atom stereocenters. The summed E-state index contributed by atoms with van der Waals surface area (Å²) in [5.74, 6) is 0.917. The van der Waals surface area contributed by atoms with E-state index in [2.05, 4.69) is 29.0 Å². The third-order valence-electron chi connectivity index (χ3n) is 5.06. The first-order valence-corrected chi connectivity index (χ1v) is 8.04. The number of hydrogen-bond donors (Lipinski definition) is 1. The molecule has 4 heteroatoms. The number of fused-ring (bicyclic) bond motifs is 1. The fraction of sp³-hybridized carbons (Fsp3) is 0.647. The molecule has 1 aromatic rings. The molecule has 0 radical (unpaired) electrons. The van der Waals surface area contributed by atoms with Crippen LogP contribution >= 0.6 is 0 Å². The lowest BCUT2D eigenvalue weighted by Gasteiger charge is -2.39. The van der Waals surface area contributed by atoms with Gasteiger partial charge >= 0.3 is 0 Å². The maximum atomic E-state index is 6.62. The van der Waals surface area contributed by atoms with Gasteiger partial charge in [0.15, 0.2) is 0 Å². The summed E-state index contributed by atoms with van der Waals surface area (Å²) in [6, 6.07) is 6.94. The van der Waals surface area contributed by atoms with Crippen LogP contribution < -0.4 is 10.5 Å². The van der Waals surface area contributed by atoms with E-state index in [1.54, 1.807) is 7.11 Å². The lowest BCUT2D eigenvalue weighted by molar-refractivity contribution is 0.160. The summed E-state index contributed by atoms with van der Waals surface area (Å²) in [4.78, 5) is 5.03. The monoisotopic (exact) mass is 289 g/mol. The van der Waals surface area contributed by atoms with Crippen LogP contribution in [0.4, 0.5) is 0 Å². The van der Waals surface area contributed by atoms with Crippen molar-refractivity contribution in [1.82, 2.24) is 9.80 Å². The van der Waals surface area contributed by atoms with Crippen LogP contribution in [0.3, 0.4) is 0 Å². The van der Waals surface area contributed by atoms with Gasteiger partial charge in [0.05, 0.1) is 7.11 Å². The summed E-state index contributed by atoms with van der Waals surface area (Å²) < 4.78 is 5.37. The summed E-state index contributed by atoms with van der Waals surface area (Å²) in [6.45, 7) is 4.65. The maximum absolute atomic E-state index is 6.62. The lowest BCUT2D eigenvalue weighted by Crippen LogP contribution is -2.46. The van der Waals surface area contributed by atoms with E-state index in [1.165, 1.54) is 37.1 Å². The molecule has 1 saturated heterocycles. The highest BCUT2D eigenvalue weighted by atomic mass is 16.5. The molecular formula is C17H27N3O. The summed E-state index contributed by atoms with van der Waals surface area (Å²) >= 11 is 0. The number of likely N-dealkylation sites (N-methyl/N-ethyl adjacent to an activating group) is 1. The Balaban J connectivity index is 1.79. The van der Waals surface area contributed by atoms with Crippen molar-refractivity contribution in [2.24, 2.45) is 5.73 Å². The zero-order chi connectivity index (χ0) is 14.8. The van der Waals surface area contributed by atoms with Gasteiger partial charge in [-0.05, 0) is 62.7 Å². The summed E-state index contributed by atoms with van der Waals surface area (Å²) in [7, 11) is 3.93. The molecule has 2 aliphatic rings. The highest BCUT2D eigenvalue weighted by molar-refractivity contribution is 5.40. The highest BCUT2D eigenvalue weighted by Crippen LogP contribution is 2.34. The van der Waals surface area contributed by atoms with Crippen molar-refractivity contribution in [1.29, 1.82) is 0 Å². The van der Waals surface area contributed by atoms with Crippen LogP contribution in [0.15, 0.2) is 18.2 Å². The third kappa shape index (κ3) is 3.07. The van der Waals surface area contributed by atoms with Crippen molar-refractivity contribution in [2.75, 3.05) is 40.3 Å². The van der Waals surface area contributed by atoms with Crippen LogP contribution in [0, 0.1) is 0 Å². The summed E-state index contributed by atoms with van der Waals surface area (Å²) in [6.07, 6.45) is 3.54. The molecule has 1 fully saturated rings. The third-order valence-corrected chi connectivity index (χ3v) is 5.06. The van der Waals surface area contributed by atoms with Crippen LogP contribution in [0.1, 0.15) is 30.0 Å². The molecule has 1 aliphatic carbocycles. The van der Waals surface area contributed by atoms with E-state index in [1.807, 2.05) is 6.07 Å². The molecule has 0 amide bonds. The molecule has 116 valence electrons. The van der Waals surface area contributed by atoms with Gasteiger partial charge < -0.3 is 15.4 Å². The van der Waals surface area contributed by atoms with Gasteiger partial charge in [0.2, 0.25) is 0 Å². The molecule has 0 aromatic heterocycles. The number of hydrogen-bond acceptors (Lipinski definition) is 4. The minimum Gasteiger partial charge on any atom is -0.497 e. The van der Waals surface area contributed by atoms with E-state index in [9.17, 15) is 0 Å². The molecule has 3 rings (SSSR count). The average Bonchev–Trinajstić information content (AvgIpc) is 2.72. The maximum Gasteiger partial charge on any atom is 0.119 e. The topological polar surface area (TPSA) is 41.7 Å². The van der Waals surface area contributed by atoms with E-state index in [0.717, 1.165) is 25.3 Å². The standard InChI is InChI=1S/C17H27N3O/c1-19-8-3-9-20(11-10-19)16-7-5-13-4-6-14(21-2)12-15(13)17(16)18/h4,6,12,16-17H,3,5,7-11,18H2,1-2H3. The number of nitrogens with zero attached hydrogens (tertiary/aromatic N) is 2. The molecule has 1 aliphatic heterocycles. The Labute approximate surface area is 127 Å². The highest BCUT2D eigenvalue weighted by Gasteiger charge is 2.32. The Morgan fingerprint density at radius 2 is 2.05 bits per heavy atom. The zero-order valence-corrected chi connectivity index (χ0v) is 13.2. The Bertz CT molecular complexity index is 491. The van der Waals surface area contributed by atoms with Crippen molar-refractivity contribution >= 4 is 0 Å². The van der Waals surface area contributed by atoms with Gasteiger partial charge in [-0.15, -0.1) is 0 Å². The van der Waals surface area contributed by atoms with Gasteiger partial charge in [-0.3, -0.25) is 4.90 Å². The molecule has 1 aromatic carbocycles. The molecule has 4 nitrogen and oxygen atoms in total. The Morgan fingerprint density at radius 3 is 2.86 bits per heavy atom. The average molecular weight is 289 g/mol. The van der Waals surface area contributed by atoms with E-state index < -0.39 is 0 Å². The predicted molar refractivity (Wildman–Crippen MR) is 85.7 cm³/mol. The fourth-order valence-corrected chi connectivity index (χ4v) is 3.74. The van der Waals surface area contributed by atoms with E-state index in [-0.39, 0.29) is 6.04 Å². The molecule has 21 heavy (non-hydrogen) atoms. The van der Waals surface area contributed by atoms with Crippen LogP contribution in [-0.4, -0.2) is 56.2 Å². The quantitative estimate of drug-likeness (QED) is 0.899. The Morgan fingerprint density at radius 1 is 1.19 bits per heavy atom. The van der Waals surface area contributed by atoms with Gasteiger partial charge in [-0.2, -0.15) is 0 Å². The van der Waals surface area contributed by atoms with E-state index in [0.29, 0.717) is 6.04 Å². The van der Waals surface area contributed by atoms with Crippen molar-refractivity contribution in [3.63, 3.8) is 0 Å². The van der Waals surface area contributed by atoms with Crippen molar-refractivity contribution in [3.05, 3.63) is 29.3 Å². The molecule has 0 saturated carbocycles. The number of rotatable bonds is 2. The van der Waals surface area contributed by atoms with Crippen LogP contribution in [0.2, 0.25) is 0 Å². The molecular weight excluding hydrogens is 262 g/mol. The zero-order valence-electron chi connectivity index (χ0n) is 13.2. The number of aryl methyl sites for hydroxylation is 1. The number of nitrogens with two attached hydrogens (primary N) is 1. The molecule has 2 atom stereocenters. The first-order valence-electron chi connectivity index (χ1n) is 8.04. The van der Waals surface area contributed by atoms with E-state index in [4.69, 9.17) is 10.5 Å². The second kappa shape index (κ2) is 6.34. The predicted octanol–water partition coefficient (Wildman–Crippen LogP) is 1.65. The smallest absolute Gasteiger partial charge is 0.119 e. The second-order valence-electron chi connectivity index (χ2n) is 6.39. The normalized spacial score (nSPS) is 28.0. The number of ether oxygens (including phenoxy) is 1. The van der Waals surface area contributed by atoms with Gasteiger partial charge in [-0.1, -0.05) is 6.07 Å². The van der Waals surface area contributed by atoms with Crippen molar-refractivity contribution < 1.29 is 4.74 Å². The summed E-state index contributed by atoms with van der Waals surface area (Å²) in [5, 5.41) is 0. The first kappa shape index (κ1) is 14.8. The van der Waals surface area contributed by atoms with Gasteiger partial charge in [0.1, 0.15) is 5.75 Å². The minimum atomic E-state index is 0.104. The van der Waals surface area contributed by atoms with Gasteiger partial charge in [0, 0.05) is 25.2 Å². The molecule has 2 N–H and O–H groups in total. The molecule has 0 bridgehead atoms. The second-order valence-corrected chi connectivity index (χ2v) is 6.39.